The fourth-order valence-electron chi connectivity index (χ4n) is 2.23. The normalized spacial score (nSPS) is 10.7. The van der Waals surface area contributed by atoms with Gasteiger partial charge in [0.25, 0.3) is 5.56 Å². The highest BCUT2D eigenvalue weighted by molar-refractivity contribution is 7.71. The minimum atomic E-state index is -0.159. The number of benzene rings is 1. The van der Waals surface area contributed by atoms with Gasteiger partial charge in [0.15, 0.2) is 4.77 Å². The number of aromatic amines is 1. The molecule has 6 heteroatoms. The van der Waals surface area contributed by atoms with Crippen LogP contribution < -0.4 is 10.3 Å². The number of ether oxygens (including phenoxy) is 1. The van der Waals surface area contributed by atoms with Crippen LogP contribution in [0.25, 0.3) is 11.0 Å². The van der Waals surface area contributed by atoms with Gasteiger partial charge in [-0.25, -0.2) is 4.98 Å². The number of pyridine rings is 1. The molecule has 0 amide bonds. The largest absolute Gasteiger partial charge is 0.496 e. The van der Waals surface area contributed by atoms with Gasteiger partial charge in [-0.1, -0.05) is 18.2 Å². The summed E-state index contributed by atoms with van der Waals surface area (Å²) >= 11 is 5.27. The lowest BCUT2D eigenvalue weighted by molar-refractivity contribution is 0.408. The van der Waals surface area contributed by atoms with Gasteiger partial charge in [-0.05, 0) is 30.4 Å². The summed E-state index contributed by atoms with van der Waals surface area (Å²) in [6.45, 7) is 0.350. The summed E-state index contributed by atoms with van der Waals surface area (Å²) in [4.78, 5) is 19.7. The van der Waals surface area contributed by atoms with E-state index in [1.807, 2.05) is 24.3 Å². The van der Waals surface area contributed by atoms with Gasteiger partial charge in [-0.3, -0.25) is 9.36 Å². The van der Waals surface area contributed by atoms with E-state index in [2.05, 4.69) is 9.97 Å². The smallest absolute Gasteiger partial charge is 0.264 e. The molecule has 0 spiro atoms. The van der Waals surface area contributed by atoms with E-state index in [4.69, 9.17) is 17.0 Å². The van der Waals surface area contributed by atoms with Crippen LogP contribution >= 0.6 is 12.2 Å². The Hall–Kier alpha value is -2.47. The van der Waals surface area contributed by atoms with Gasteiger partial charge in [0.05, 0.1) is 19.0 Å². The number of fused-ring (bicyclic) bond motifs is 1. The molecule has 1 N–H and O–H groups in total. The average Bonchev–Trinajstić information content (AvgIpc) is 2.52. The molecule has 0 aliphatic heterocycles. The number of methoxy groups -OCH3 is 1. The summed E-state index contributed by atoms with van der Waals surface area (Å²) in [7, 11) is 1.60. The van der Waals surface area contributed by atoms with Crippen molar-refractivity contribution in [3.63, 3.8) is 0 Å². The zero-order valence-electron chi connectivity index (χ0n) is 11.4. The molecule has 0 saturated carbocycles. The van der Waals surface area contributed by atoms with E-state index in [-0.39, 0.29) is 5.56 Å². The SMILES string of the molecule is COc1ccccc1Cn1c(=S)[nH]c2ncccc2c1=O. The number of aromatic nitrogens is 3. The predicted molar refractivity (Wildman–Crippen MR) is 83.3 cm³/mol. The van der Waals surface area contributed by atoms with Gasteiger partial charge in [-0.2, -0.15) is 0 Å². The number of nitrogens with zero attached hydrogens (tertiary/aromatic N) is 2. The van der Waals surface area contributed by atoms with Gasteiger partial charge in [-0.15, -0.1) is 0 Å². The second-order valence-corrected chi connectivity index (χ2v) is 4.92. The summed E-state index contributed by atoms with van der Waals surface area (Å²) in [5.41, 5.74) is 1.24. The number of rotatable bonds is 3. The van der Waals surface area contributed by atoms with E-state index in [1.165, 1.54) is 4.57 Å². The van der Waals surface area contributed by atoms with Crippen molar-refractivity contribution in [1.29, 1.82) is 0 Å². The lowest BCUT2D eigenvalue weighted by Crippen LogP contribution is -2.23. The molecule has 0 aliphatic carbocycles. The highest BCUT2D eigenvalue weighted by atomic mass is 32.1. The Morgan fingerprint density at radius 2 is 2.10 bits per heavy atom. The second-order valence-electron chi connectivity index (χ2n) is 4.53. The van der Waals surface area contributed by atoms with E-state index < -0.39 is 0 Å². The molecule has 0 aliphatic rings. The monoisotopic (exact) mass is 299 g/mol. The molecule has 2 aromatic heterocycles. The van der Waals surface area contributed by atoms with Crippen LogP contribution in [-0.4, -0.2) is 21.6 Å². The third kappa shape index (κ3) is 2.45. The van der Waals surface area contributed by atoms with Crippen LogP contribution in [0.5, 0.6) is 5.75 Å². The molecule has 3 rings (SSSR count). The molecule has 21 heavy (non-hydrogen) atoms. The molecule has 5 nitrogen and oxygen atoms in total. The van der Waals surface area contributed by atoms with Gasteiger partial charge in [0, 0.05) is 11.8 Å². The second kappa shape index (κ2) is 5.49. The third-order valence-corrected chi connectivity index (χ3v) is 3.60. The number of para-hydroxylation sites is 1. The van der Waals surface area contributed by atoms with Crippen LogP contribution in [0, 0.1) is 4.77 Å². The molecule has 0 fully saturated rings. The summed E-state index contributed by atoms with van der Waals surface area (Å²) in [6, 6.07) is 11.0. The maximum atomic E-state index is 12.5. The fourth-order valence-corrected chi connectivity index (χ4v) is 2.48. The molecule has 0 saturated heterocycles. The van der Waals surface area contributed by atoms with Crippen molar-refractivity contribution in [3.8, 4) is 5.75 Å². The van der Waals surface area contributed by atoms with Crippen LogP contribution in [-0.2, 0) is 6.54 Å². The van der Waals surface area contributed by atoms with Crippen LogP contribution in [0.2, 0.25) is 0 Å². The molecule has 1 aromatic carbocycles. The van der Waals surface area contributed by atoms with Crippen LogP contribution in [0.1, 0.15) is 5.56 Å². The molecule has 2 heterocycles. The Bertz CT molecular complexity index is 914. The molecule has 3 aromatic rings. The van der Waals surface area contributed by atoms with Gasteiger partial charge < -0.3 is 9.72 Å². The van der Waals surface area contributed by atoms with Gasteiger partial charge in [0.1, 0.15) is 11.4 Å². The van der Waals surface area contributed by atoms with Crippen molar-refractivity contribution in [3.05, 3.63) is 63.3 Å². The van der Waals surface area contributed by atoms with E-state index in [1.54, 1.807) is 25.4 Å². The number of H-pyrrole nitrogens is 1. The Balaban J connectivity index is 2.17. The minimum Gasteiger partial charge on any atom is -0.496 e. The molecular formula is C15H13N3O2S. The van der Waals surface area contributed by atoms with Crippen molar-refractivity contribution in [1.82, 2.24) is 14.5 Å². The summed E-state index contributed by atoms with van der Waals surface area (Å²) < 4.78 is 7.17. The first kappa shape index (κ1) is 13.5. The van der Waals surface area contributed by atoms with E-state index >= 15 is 0 Å². The molecular weight excluding hydrogens is 286 g/mol. The quantitative estimate of drug-likeness (QED) is 0.755. The molecule has 0 atom stereocenters. The topological polar surface area (TPSA) is 59.9 Å². The van der Waals surface area contributed by atoms with Crippen molar-refractivity contribution in [2.24, 2.45) is 0 Å². The summed E-state index contributed by atoms with van der Waals surface area (Å²) in [6.07, 6.45) is 1.62. The molecule has 0 radical (unpaired) electrons. The maximum absolute atomic E-state index is 12.5. The van der Waals surface area contributed by atoms with Crippen molar-refractivity contribution < 1.29 is 4.74 Å². The zero-order chi connectivity index (χ0) is 14.8. The van der Waals surface area contributed by atoms with Crippen LogP contribution in [0.15, 0.2) is 47.4 Å². The fraction of sp³-hybridized carbons (Fsp3) is 0.133. The molecule has 106 valence electrons. The summed E-state index contributed by atoms with van der Waals surface area (Å²) in [5.74, 6) is 0.727. The Morgan fingerprint density at radius 1 is 1.29 bits per heavy atom. The Labute approximate surface area is 125 Å². The molecule has 0 unspecified atom stereocenters. The van der Waals surface area contributed by atoms with Crippen molar-refractivity contribution in [2.45, 2.75) is 6.54 Å². The van der Waals surface area contributed by atoms with Gasteiger partial charge >= 0.3 is 0 Å². The van der Waals surface area contributed by atoms with Crippen molar-refractivity contribution >= 4 is 23.3 Å². The van der Waals surface area contributed by atoms with E-state index in [9.17, 15) is 4.79 Å². The van der Waals surface area contributed by atoms with E-state index in [0.717, 1.165) is 11.3 Å². The van der Waals surface area contributed by atoms with Crippen LogP contribution in [0.3, 0.4) is 0 Å². The predicted octanol–water partition coefficient (Wildman–Crippen LogP) is 2.51. The Morgan fingerprint density at radius 3 is 2.90 bits per heavy atom. The lowest BCUT2D eigenvalue weighted by atomic mass is 10.2. The average molecular weight is 299 g/mol. The number of hydrogen-bond donors (Lipinski definition) is 1. The van der Waals surface area contributed by atoms with Crippen LogP contribution in [0.4, 0.5) is 0 Å². The minimum absolute atomic E-state index is 0.159. The lowest BCUT2D eigenvalue weighted by Gasteiger charge is -2.11. The first-order valence-electron chi connectivity index (χ1n) is 6.40. The van der Waals surface area contributed by atoms with E-state index in [0.29, 0.717) is 22.3 Å². The highest BCUT2D eigenvalue weighted by Crippen LogP contribution is 2.18. The standard InChI is InChI=1S/C15H13N3O2S/c1-20-12-7-3-2-5-10(12)9-18-14(19)11-6-4-8-16-13(11)17-15(18)21/h2-8H,9H2,1H3,(H,16,17,21). The highest BCUT2D eigenvalue weighted by Gasteiger charge is 2.09. The Kier molecular flexibility index (Phi) is 3.53. The van der Waals surface area contributed by atoms with Crippen molar-refractivity contribution in [2.75, 3.05) is 7.11 Å². The summed E-state index contributed by atoms with van der Waals surface area (Å²) in [5, 5.41) is 0.515. The first-order valence-corrected chi connectivity index (χ1v) is 6.81. The molecule has 0 bridgehead atoms. The number of hydrogen-bond acceptors (Lipinski definition) is 4. The maximum Gasteiger partial charge on any atom is 0.264 e. The number of nitrogens with one attached hydrogen (secondary N) is 1. The third-order valence-electron chi connectivity index (χ3n) is 3.27. The first-order chi connectivity index (χ1) is 10.2. The zero-order valence-corrected chi connectivity index (χ0v) is 12.2. The van der Waals surface area contributed by atoms with Gasteiger partial charge in [0.2, 0.25) is 0 Å².